The molecule has 4 rings (SSSR count). The Kier molecular flexibility index (Phi) is 6.02. The number of nitrogens with zero attached hydrogens (tertiary/aromatic N) is 3. The number of rotatable bonds is 6. The van der Waals surface area contributed by atoms with Crippen LogP contribution in [0.15, 0.2) is 84.9 Å². The molecule has 0 atom stereocenters. The van der Waals surface area contributed by atoms with E-state index in [4.69, 9.17) is 5.21 Å². The van der Waals surface area contributed by atoms with Crippen LogP contribution in [0.2, 0.25) is 0 Å². The number of halogens is 1. The van der Waals surface area contributed by atoms with E-state index in [-0.39, 0.29) is 28.2 Å². The Balaban J connectivity index is 1.60. The second-order valence-electron chi connectivity index (χ2n) is 6.73. The van der Waals surface area contributed by atoms with Crippen LogP contribution in [-0.4, -0.2) is 21.1 Å². The van der Waals surface area contributed by atoms with Crippen LogP contribution in [0, 0.1) is 11.0 Å². The number of hydrogen-bond donors (Lipinski definition) is 3. The second kappa shape index (κ2) is 9.21. The predicted octanol–water partition coefficient (Wildman–Crippen LogP) is 4.40. The van der Waals surface area contributed by atoms with Crippen LogP contribution in [-0.2, 0) is 0 Å². The van der Waals surface area contributed by atoms with Crippen molar-refractivity contribution in [2.75, 3.05) is 10.7 Å². The fourth-order valence-corrected chi connectivity index (χ4v) is 2.95. The monoisotopic (exact) mass is 430 g/mol. The third-order valence-electron chi connectivity index (χ3n) is 4.57. The largest absolute Gasteiger partial charge is 0.733 e. The highest BCUT2D eigenvalue weighted by atomic mass is 19.1. The molecule has 0 radical (unpaired) electrons. The summed E-state index contributed by atoms with van der Waals surface area (Å²) in [5.41, 5.74) is 8.12. The number of aromatic nitrogens is 2. The van der Waals surface area contributed by atoms with Crippen molar-refractivity contribution in [3.63, 3.8) is 0 Å². The maximum absolute atomic E-state index is 13.3. The zero-order valence-corrected chi connectivity index (χ0v) is 16.6. The molecule has 3 N–H and O–H groups in total. The van der Waals surface area contributed by atoms with Crippen molar-refractivity contribution in [2.45, 2.75) is 0 Å². The molecule has 0 aliphatic rings. The second-order valence-corrected chi connectivity index (χ2v) is 6.73. The van der Waals surface area contributed by atoms with Crippen LogP contribution < -0.4 is 16.1 Å². The number of anilines is 2. The summed E-state index contributed by atoms with van der Waals surface area (Å²) in [4.78, 5) is 21.3. The Bertz CT molecular complexity index is 1220. The highest BCUT2D eigenvalue weighted by Gasteiger charge is 2.11. The van der Waals surface area contributed by atoms with Gasteiger partial charge in [0.2, 0.25) is 5.95 Å². The Morgan fingerprint density at radius 2 is 1.47 bits per heavy atom. The van der Waals surface area contributed by atoms with Crippen molar-refractivity contribution < 1.29 is 14.4 Å². The molecule has 0 fully saturated rings. The van der Waals surface area contributed by atoms with Crippen molar-refractivity contribution >= 4 is 17.5 Å². The number of hydrogen-bond acceptors (Lipinski definition) is 7. The van der Waals surface area contributed by atoms with Gasteiger partial charge in [0.15, 0.2) is 0 Å². The molecular weight excluding hydrogens is 413 g/mol. The average molecular weight is 430 g/mol. The van der Waals surface area contributed by atoms with Crippen LogP contribution in [0.1, 0.15) is 10.4 Å². The van der Waals surface area contributed by atoms with Gasteiger partial charge in [-0.25, -0.2) is 14.4 Å². The zero-order valence-electron chi connectivity index (χ0n) is 16.6. The van der Waals surface area contributed by atoms with Crippen molar-refractivity contribution in [1.29, 1.82) is 0 Å². The summed E-state index contributed by atoms with van der Waals surface area (Å²) in [7, 11) is 0. The Hall–Kier alpha value is -4.34. The van der Waals surface area contributed by atoms with Gasteiger partial charge < -0.3 is 10.4 Å². The molecule has 0 aliphatic carbocycles. The lowest BCUT2D eigenvalue weighted by Gasteiger charge is -2.21. The first-order valence-electron chi connectivity index (χ1n) is 9.52. The minimum Gasteiger partial charge on any atom is -0.733 e. The summed E-state index contributed by atoms with van der Waals surface area (Å²) >= 11 is 0. The maximum Gasteiger partial charge on any atom is 0.269 e. The van der Waals surface area contributed by atoms with Crippen LogP contribution in [0.3, 0.4) is 0 Å². The van der Waals surface area contributed by atoms with E-state index in [9.17, 15) is 14.4 Å². The Morgan fingerprint density at radius 3 is 2.06 bits per heavy atom. The van der Waals surface area contributed by atoms with Crippen molar-refractivity contribution in [2.24, 2.45) is 0 Å². The van der Waals surface area contributed by atoms with Crippen LogP contribution in [0.25, 0.3) is 22.5 Å². The number of carbonyl (C=O) groups excluding carboxylic acids is 1. The first kappa shape index (κ1) is 20.9. The molecule has 0 aliphatic heterocycles. The fraction of sp³-hybridized carbons (Fsp3) is 0. The van der Waals surface area contributed by atoms with Crippen molar-refractivity contribution in [3.8, 4) is 22.5 Å². The number of hydrazine groups is 1. The van der Waals surface area contributed by atoms with Crippen molar-refractivity contribution in [1.82, 2.24) is 15.4 Å². The van der Waals surface area contributed by atoms with Gasteiger partial charge in [0.1, 0.15) is 5.82 Å². The Morgan fingerprint density at radius 1 is 0.875 bits per heavy atom. The van der Waals surface area contributed by atoms with Gasteiger partial charge in [-0.15, -0.1) is 0 Å². The summed E-state index contributed by atoms with van der Waals surface area (Å²) < 4.78 is 13.3. The lowest BCUT2D eigenvalue weighted by molar-refractivity contribution is 0.0962. The van der Waals surface area contributed by atoms with E-state index in [1.165, 1.54) is 36.4 Å². The topological polar surface area (TPSA) is 113 Å². The summed E-state index contributed by atoms with van der Waals surface area (Å²) in [6.07, 6.45) is 0. The summed E-state index contributed by atoms with van der Waals surface area (Å²) in [6.45, 7) is 0. The molecule has 0 spiro atoms. The van der Waals surface area contributed by atoms with Gasteiger partial charge in [-0.2, -0.15) is 0 Å². The highest BCUT2D eigenvalue weighted by molar-refractivity contribution is 5.95. The van der Waals surface area contributed by atoms with Gasteiger partial charge in [-0.3, -0.25) is 20.9 Å². The van der Waals surface area contributed by atoms with Gasteiger partial charge in [-0.1, -0.05) is 30.3 Å². The number of carbonyl (C=O) groups is 1. The molecule has 9 heteroatoms. The maximum atomic E-state index is 13.3. The highest BCUT2D eigenvalue weighted by Crippen LogP contribution is 2.25. The summed E-state index contributed by atoms with van der Waals surface area (Å²) in [5.74, 6) is -0.718. The normalized spacial score (nSPS) is 10.5. The van der Waals surface area contributed by atoms with Crippen LogP contribution >= 0.6 is 0 Å². The molecule has 1 aromatic heterocycles. The third kappa shape index (κ3) is 4.86. The summed E-state index contributed by atoms with van der Waals surface area (Å²) in [5, 5.41) is 19.5. The predicted molar refractivity (Wildman–Crippen MR) is 118 cm³/mol. The lowest BCUT2D eigenvalue weighted by Crippen LogP contribution is -2.30. The first-order chi connectivity index (χ1) is 15.5. The third-order valence-corrected chi connectivity index (χ3v) is 4.57. The lowest BCUT2D eigenvalue weighted by atomic mass is 10.1. The molecule has 160 valence electrons. The van der Waals surface area contributed by atoms with Crippen LogP contribution in [0.4, 0.5) is 16.0 Å². The fourth-order valence-electron chi connectivity index (χ4n) is 2.95. The van der Waals surface area contributed by atoms with Gasteiger partial charge in [0, 0.05) is 16.7 Å². The SMILES string of the molecule is O=C(NNc1nc(-c2ccccc2)cc(-c2ccc(F)cc2)n1)c1ccc(N([O-])O)cc1. The molecular formula is C23H17FN5O3-. The van der Waals surface area contributed by atoms with E-state index in [2.05, 4.69) is 20.8 Å². The molecule has 0 saturated carbocycles. The van der Waals surface area contributed by atoms with E-state index in [1.807, 2.05) is 30.3 Å². The van der Waals surface area contributed by atoms with Crippen LogP contribution in [0.5, 0.6) is 0 Å². The summed E-state index contributed by atoms with van der Waals surface area (Å²) in [6, 6.07) is 22.5. The number of amides is 1. The molecule has 0 saturated heterocycles. The van der Waals surface area contributed by atoms with Gasteiger partial charge in [-0.05, 0) is 54.6 Å². The minimum atomic E-state index is -0.496. The number of nitrogens with one attached hydrogen (secondary N) is 2. The van der Waals surface area contributed by atoms with E-state index in [0.29, 0.717) is 17.0 Å². The average Bonchev–Trinajstić information content (AvgIpc) is 2.83. The van der Waals surface area contributed by atoms with Gasteiger partial charge in [0.25, 0.3) is 5.91 Å². The smallest absolute Gasteiger partial charge is 0.269 e. The Labute approximate surface area is 182 Å². The number of benzene rings is 3. The van der Waals surface area contributed by atoms with E-state index < -0.39 is 5.91 Å². The molecule has 4 aromatic rings. The zero-order chi connectivity index (χ0) is 22.5. The van der Waals surface area contributed by atoms with E-state index in [1.54, 1.807) is 18.2 Å². The molecule has 8 nitrogen and oxygen atoms in total. The standard InChI is InChI=1S/C23H17FN5O3/c24-18-10-6-16(7-11-18)21-14-20(15-4-2-1-3-5-15)25-23(26-21)28-27-22(30)17-8-12-19(13-9-17)29(31)32/h1-14,31H,(H,27,30)(H,25,26,28)/q-1. The molecule has 3 aromatic carbocycles. The van der Waals surface area contributed by atoms with Gasteiger partial charge >= 0.3 is 0 Å². The molecule has 0 unspecified atom stereocenters. The molecule has 0 bridgehead atoms. The minimum absolute atomic E-state index is 0.00246. The van der Waals surface area contributed by atoms with Crippen molar-refractivity contribution in [3.05, 3.63) is 102 Å². The quantitative estimate of drug-likeness (QED) is 0.389. The van der Waals surface area contributed by atoms with E-state index >= 15 is 0 Å². The molecule has 32 heavy (non-hydrogen) atoms. The molecule has 1 heterocycles. The molecule has 1 amide bonds. The van der Waals surface area contributed by atoms with E-state index in [0.717, 1.165) is 5.56 Å². The first-order valence-corrected chi connectivity index (χ1v) is 9.52. The van der Waals surface area contributed by atoms with Gasteiger partial charge in [0.05, 0.1) is 17.1 Å².